The number of nitrogen functional groups attached to an aromatic ring is 1. The second-order valence-corrected chi connectivity index (χ2v) is 6.09. The van der Waals surface area contributed by atoms with Gasteiger partial charge in [-0.2, -0.15) is 0 Å². The number of carbonyl (C=O) groups excluding carboxylic acids is 1. The largest absolute Gasteiger partial charge is 0.384 e. The Hall–Kier alpha value is -1.29. The average molecular weight is 280 g/mol. The molecule has 0 aromatic carbocycles. The molecule has 19 heavy (non-hydrogen) atoms. The topological polar surface area (TPSA) is 59.2 Å². The molecule has 2 saturated carbocycles. The number of hydrogen-bond acceptors (Lipinski definition) is 3. The fourth-order valence-corrected chi connectivity index (χ4v) is 2.44. The molecule has 2 aliphatic carbocycles. The van der Waals surface area contributed by atoms with Gasteiger partial charge in [0, 0.05) is 19.3 Å². The Morgan fingerprint density at radius 2 is 1.89 bits per heavy atom. The molecule has 102 valence electrons. The third kappa shape index (κ3) is 3.18. The smallest absolute Gasteiger partial charge is 0.255 e. The van der Waals surface area contributed by atoms with Crippen LogP contribution in [0.25, 0.3) is 0 Å². The van der Waals surface area contributed by atoms with Crippen molar-refractivity contribution in [3.63, 3.8) is 0 Å². The number of anilines is 1. The highest BCUT2D eigenvalue weighted by Gasteiger charge is 2.32. The SMILES string of the molecule is Nc1cc(C(=O)N(CC2CC2)CC2CC2)c(Cl)cn1. The van der Waals surface area contributed by atoms with Gasteiger partial charge >= 0.3 is 0 Å². The summed E-state index contributed by atoms with van der Waals surface area (Å²) in [5.74, 6) is 1.70. The van der Waals surface area contributed by atoms with Gasteiger partial charge in [-0.15, -0.1) is 0 Å². The van der Waals surface area contributed by atoms with E-state index in [9.17, 15) is 4.79 Å². The molecule has 0 unspecified atom stereocenters. The first-order valence-corrected chi connectivity index (χ1v) is 7.21. The van der Waals surface area contributed by atoms with Crippen LogP contribution in [0.15, 0.2) is 12.3 Å². The van der Waals surface area contributed by atoms with Crippen LogP contribution in [0.4, 0.5) is 5.82 Å². The second kappa shape index (κ2) is 5.00. The molecule has 0 radical (unpaired) electrons. The molecule has 2 fully saturated rings. The fourth-order valence-electron chi connectivity index (χ4n) is 2.25. The van der Waals surface area contributed by atoms with Crippen molar-refractivity contribution in [2.45, 2.75) is 25.7 Å². The van der Waals surface area contributed by atoms with Crippen molar-refractivity contribution in [3.8, 4) is 0 Å². The zero-order valence-corrected chi connectivity index (χ0v) is 11.6. The van der Waals surface area contributed by atoms with Crippen molar-refractivity contribution >= 4 is 23.3 Å². The molecule has 1 heterocycles. The van der Waals surface area contributed by atoms with E-state index < -0.39 is 0 Å². The molecular formula is C14H18ClN3O. The molecule has 1 aromatic heterocycles. The Bertz CT molecular complexity index is 483. The van der Waals surface area contributed by atoms with E-state index in [1.165, 1.54) is 31.9 Å². The van der Waals surface area contributed by atoms with Gasteiger partial charge in [0.25, 0.3) is 5.91 Å². The monoisotopic (exact) mass is 279 g/mol. The predicted octanol–water partition coefficient (Wildman–Crippen LogP) is 2.58. The number of hydrogen-bond donors (Lipinski definition) is 1. The molecule has 4 nitrogen and oxygen atoms in total. The Labute approximate surface area is 117 Å². The minimum Gasteiger partial charge on any atom is -0.384 e. The molecule has 5 heteroatoms. The van der Waals surface area contributed by atoms with E-state index in [1.807, 2.05) is 4.90 Å². The van der Waals surface area contributed by atoms with Crippen LogP contribution in [0.1, 0.15) is 36.0 Å². The first kappa shape index (κ1) is 12.7. The number of nitrogens with zero attached hydrogens (tertiary/aromatic N) is 2. The second-order valence-electron chi connectivity index (χ2n) is 5.69. The van der Waals surface area contributed by atoms with Crippen LogP contribution >= 0.6 is 11.6 Å². The van der Waals surface area contributed by atoms with E-state index >= 15 is 0 Å². The van der Waals surface area contributed by atoms with Crippen LogP contribution in [0.3, 0.4) is 0 Å². The van der Waals surface area contributed by atoms with E-state index in [0.717, 1.165) is 13.1 Å². The summed E-state index contributed by atoms with van der Waals surface area (Å²) < 4.78 is 0. The summed E-state index contributed by atoms with van der Waals surface area (Å²) in [6.45, 7) is 1.71. The zero-order valence-electron chi connectivity index (χ0n) is 10.8. The van der Waals surface area contributed by atoms with Crippen LogP contribution in [-0.4, -0.2) is 28.9 Å². The predicted molar refractivity (Wildman–Crippen MR) is 75.0 cm³/mol. The first-order chi connectivity index (χ1) is 9.13. The van der Waals surface area contributed by atoms with E-state index in [4.69, 9.17) is 17.3 Å². The molecule has 0 saturated heterocycles. The average Bonchev–Trinajstić information content (AvgIpc) is 3.25. The number of rotatable bonds is 5. The number of nitrogens with two attached hydrogens (primary N) is 1. The molecule has 2 N–H and O–H groups in total. The number of carbonyl (C=O) groups is 1. The molecule has 2 aliphatic rings. The van der Waals surface area contributed by atoms with Crippen molar-refractivity contribution < 1.29 is 4.79 Å². The zero-order chi connectivity index (χ0) is 13.4. The van der Waals surface area contributed by atoms with Crippen molar-refractivity contribution in [3.05, 3.63) is 22.8 Å². The Balaban J connectivity index is 1.78. The quantitative estimate of drug-likeness (QED) is 0.901. The lowest BCUT2D eigenvalue weighted by Crippen LogP contribution is -2.35. The highest BCUT2D eigenvalue weighted by Crippen LogP contribution is 2.34. The van der Waals surface area contributed by atoms with Gasteiger partial charge in [-0.1, -0.05) is 11.6 Å². The Morgan fingerprint density at radius 1 is 1.32 bits per heavy atom. The van der Waals surface area contributed by atoms with Crippen LogP contribution < -0.4 is 5.73 Å². The molecule has 3 rings (SSSR count). The van der Waals surface area contributed by atoms with E-state index in [0.29, 0.717) is 28.2 Å². The maximum Gasteiger partial charge on any atom is 0.255 e. The summed E-state index contributed by atoms with van der Waals surface area (Å²) in [7, 11) is 0. The third-order valence-electron chi connectivity index (χ3n) is 3.75. The number of aromatic nitrogens is 1. The normalized spacial score (nSPS) is 18.4. The third-order valence-corrected chi connectivity index (χ3v) is 4.05. The summed E-state index contributed by atoms with van der Waals surface area (Å²) in [6, 6.07) is 1.58. The van der Waals surface area contributed by atoms with Gasteiger partial charge in [0.2, 0.25) is 0 Å². The standard InChI is InChI=1S/C14H18ClN3O/c15-12-6-17-13(16)5-11(12)14(19)18(7-9-1-2-9)8-10-3-4-10/h5-6,9-10H,1-4,7-8H2,(H2,16,17). The van der Waals surface area contributed by atoms with Crippen LogP contribution in [0, 0.1) is 11.8 Å². The van der Waals surface area contributed by atoms with Gasteiger partial charge in [-0.05, 0) is 43.6 Å². The van der Waals surface area contributed by atoms with Crippen molar-refractivity contribution in [2.24, 2.45) is 11.8 Å². The lowest BCUT2D eigenvalue weighted by atomic mass is 10.2. The maximum absolute atomic E-state index is 12.6. The molecule has 0 aliphatic heterocycles. The summed E-state index contributed by atoms with van der Waals surface area (Å²) in [5.41, 5.74) is 6.13. The van der Waals surface area contributed by atoms with Gasteiger partial charge in [0.15, 0.2) is 0 Å². The lowest BCUT2D eigenvalue weighted by Gasteiger charge is -2.23. The number of amides is 1. The maximum atomic E-state index is 12.6. The van der Waals surface area contributed by atoms with Crippen LogP contribution in [0.2, 0.25) is 5.02 Å². The van der Waals surface area contributed by atoms with Crippen LogP contribution in [-0.2, 0) is 0 Å². The van der Waals surface area contributed by atoms with Gasteiger partial charge in [-0.3, -0.25) is 4.79 Å². The van der Waals surface area contributed by atoms with Crippen LogP contribution in [0.5, 0.6) is 0 Å². The molecule has 0 atom stereocenters. The van der Waals surface area contributed by atoms with E-state index in [2.05, 4.69) is 4.98 Å². The Kier molecular flexibility index (Phi) is 3.35. The Morgan fingerprint density at radius 3 is 2.42 bits per heavy atom. The van der Waals surface area contributed by atoms with Gasteiger partial charge in [0.05, 0.1) is 10.6 Å². The molecule has 0 spiro atoms. The minimum absolute atomic E-state index is 0.00194. The molecular weight excluding hydrogens is 262 g/mol. The van der Waals surface area contributed by atoms with E-state index in [-0.39, 0.29) is 5.91 Å². The van der Waals surface area contributed by atoms with Gasteiger partial charge in [0.1, 0.15) is 5.82 Å². The minimum atomic E-state index is -0.00194. The molecule has 1 amide bonds. The summed E-state index contributed by atoms with van der Waals surface area (Å²) in [4.78, 5) is 18.5. The number of halogens is 1. The summed E-state index contributed by atoms with van der Waals surface area (Å²) >= 11 is 6.07. The van der Waals surface area contributed by atoms with E-state index in [1.54, 1.807) is 6.07 Å². The first-order valence-electron chi connectivity index (χ1n) is 6.84. The van der Waals surface area contributed by atoms with Crippen molar-refractivity contribution in [2.75, 3.05) is 18.8 Å². The van der Waals surface area contributed by atoms with Crippen molar-refractivity contribution in [1.82, 2.24) is 9.88 Å². The number of pyridine rings is 1. The lowest BCUT2D eigenvalue weighted by molar-refractivity contribution is 0.0739. The van der Waals surface area contributed by atoms with Crippen molar-refractivity contribution in [1.29, 1.82) is 0 Å². The molecule has 1 aromatic rings. The van der Waals surface area contributed by atoms with Gasteiger partial charge < -0.3 is 10.6 Å². The molecule has 0 bridgehead atoms. The van der Waals surface area contributed by atoms with Gasteiger partial charge in [-0.25, -0.2) is 4.98 Å². The highest BCUT2D eigenvalue weighted by atomic mass is 35.5. The summed E-state index contributed by atoms with van der Waals surface area (Å²) in [6.07, 6.45) is 6.40. The highest BCUT2D eigenvalue weighted by molar-refractivity contribution is 6.33. The fraction of sp³-hybridized carbons (Fsp3) is 0.571. The summed E-state index contributed by atoms with van der Waals surface area (Å²) in [5, 5.41) is 0.385.